The maximum absolute atomic E-state index is 13.2. The van der Waals surface area contributed by atoms with Crippen LogP contribution in [-0.4, -0.2) is 15.8 Å². The molecule has 1 unspecified atom stereocenters. The molecule has 0 bridgehead atoms. The van der Waals surface area contributed by atoms with E-state index in [9.17, 15) is 9.18 Å². The molecule has 2 heterocycles. The number of halogens is 1. The third-order valence-corrected chi connectivity index (χ3v) is 4.93. The van der Waals surface area contributed by atoms with Gasteiger partial charge in [0, 0.05) is 18.4 Å². The predicted molar refractivity (Wildman–Crippen MR) is 103 cm³/mol. The lowest BCUT2D eigenvalue weighted by Gasteiger charge is -2.28. The third kappa shape index (κ3) is 3.16. The summed E-state index contributed by atoms with van der Waals surface area (Å²) in [7, 11) is 0. The van der Waals surface area contributed by atoms with Crippen molar-refractivity contribution in [3.05, 3.63) is 94.6 Å². The average molecular weight is 361 g/mol. The quantitative estimate of drug-likeness (QED) is 0.738. The molecule has 0 saturated heterocycles. The number of aromatic nitrogens is 1. The summed E-state index contributed by atoms with van der Waals surface area (Å²) in [6.07, 6.45) is 1.32. The molecule has 0 fully saturated rings. The summed E-state index contributed by atoms with van der Waals surface area (Å²) in [5, 5.41) is 3.51. The number of amides is 1. The number of rotatable bonds is 4. The smallest absolute Gasteiger partial charge is 0.258 e. The van der Waals surface area contributed by atoms with Crippen molar-refractivity contribution in [2.45, 2.75) is 26.6 Å². The second-order valence-electron chi connectivity index (χ2n) is 6.81. The highest BCUT2D eigenvalue weighted by molar-refractivity contribution is 5.99. The van der Waals surface area contributed by atoms with Gasteiger partial charge in [-0.3, -0.25) is 9.78 Å². The van der Waals surface area contributed by atoms with Crippen molar-refractivity contribution in [2.24, 2.45) is 0 Å². The Hall–Kier alpha value is -3.21. The van der Waals surface area contributed by atoms with Gasteiger partial charge in [0.1, 0.15) is 12.0 Å². The van der Waals surface area contributed by atoms with E-state index in [-0.39, 0.29) is 17.9 Å². The number of anilines is 1. The zero-order chi connectivity index (χ0) is 19.0. The highest BCUT2D eigenvalue weighted by Gasteiger charge is 2.38. The Morgan fingerprint density at radius 3 is 2.44 bits per heavy atom. The highest BCUT2D eigenvalue weighted by Crippen LogP contribution is 2.35. The largest absolute Gasteiger partial charge is 0.360 e. The summed E-state index contributed by atoms with van der Waals surface area (Å²) in [6.45, 7) is 4.45. The monoisotopic (exact) mass is 361 g/mol. The van der Waals surface area contributed by atoms with Crippen molar-refractivity contribution in [3.63, 3.8) is 0 Å². The molecular formula is C22H20FN3O. The van der Waals surface area contributed by atoms with E-state index in [0.717, 1.165) is 22.4 Å². The molecule has 1 atom stereocenters. The van der Waals surface area contributed by atoms with Crippen LogP contribution in [-0.2, 0) is 6.54 Å². The number of nitrogens with zero attached hydrogens (tertiary/aromatic N) is 2. The lowest BCUT2D eigenvalue weighted by atomic mass is 10.1. The Kier molecular flexibility index (Phi) is 4.36. The van der Waals surface area contributed by atoms with Gasteiger partial charge in [-0.15, -0.1) is 0 Å². The summed E-state index contributed by atoms with van der Waals surface area (Å²) in [4.78, 5) is 19.2. The fourth-order valence-corrected chi connectivity index (χ4v) is 3.51. The van der Waals surface area contributed by atoms with Crippen LogP contribution in [0.15, 0.2) is 60.8 Å². The lowest BCUT2D eigenvalue weighted by Crippen LogP contribution is -2.32. The van der Waals surface area contributed by atoms with E-state index in [2.05, 4.69) is 10.3 Å². The number of carbonyl (C=O) groups is 1. The molecule has 3 aromatic rings. The molecule has 1 aliphatic heterocycles. The van der Waals surface area contributed by atoms with E-state index in [0.29, 0.717) is 17.8 Å². The summed E-state index contributed by atoms with van der Waals surface area (Å²) in [5.41, 5.74) is 5.39. The van der Waals surface area contributed by atoms with Crippen LogP contribution >= 0.6 is 0 Å². The van der Waals surface area contributed by atoms with Crippen LogP contribution in [0.4, 0.5) is 10.1 Å². The van der Waals surface area contributed by atoms with Gasteiger partial charge in [0.15, 0.2) is 0 Å². The van der Waals surface area contributed by atoms with E-state index in [4.69, 9.17) is 0 Å². The van der Waals surface area contributed by atoms with Crippen molar-refractivity contribution in [1.82, 2.24) is 9.88 Å². The van der Waals surface area contributed by atoms with Crippen molar-refractivity contribution in [1.29, 1.82) is 0 Å². The number of aryl methyl sites for hydroxylation is 2. The molecule has 136 valence electrons. The Labute approximate surface area is 157 Å². The van der Waals surface area contributed by atoms with Gasteiger partial charge in [0.05, 0.1) is 11.3 Å². The second-order valence-corrected chi connectivity index (χ2v) is 6.81. The minimum atomic E-state index is -0.376. The van der Waals surface area contributed by atoms with Gasteiger partial charge in [-0.25, -0.2) is 4.39 Å². The molecule has 5 heteroatoms. The number of carbonyl (C=O) groups excluding carboxylic acids is 1. The molecule has 4 nitrogen and oxygen atoms in total. The van der Waals surface area contributed by atoms with Crippen molar-refractivity contribution < 1.29 is 9.18 Å². The van der Waals surface area contributed by atoms with Crippen LogP contribution < -0.4 is 5.32 Å². The summed E-state index contributed by atoms with van der Waals surface area (Å²) in [6, 6.07) is 15.9. The van der Waals surface area contributed by atoms with E-state index in [1.807, 2.05) is 32.0 Å². The molecule has 4 rings (SSSR count). The number of fused-ring (bicyclic) bond motifs is 1. The number of para-hydroxylation sites is 1. The van der Waals surface area contributed by atoms with Crippen molar-refractivity contribution in [2.75, 3.05) is 5.32 Å². The van der Waals surface area contributed by atoms with Crippen molar-refractivity contribution >= 4 is 11.6 Å². The molecule has 27 heavy (non-hydrogen) atoms. The minimum Gasteiger partial charge on any atom is -0.360 e. The number of pyridine rings is 1. The Bertz CT molecular complexity index is 980. The zero-order valence-electron chi connectivity index (χ0n) is 15.2. The van der Waals surface area contributed by atoms with Gasteiger partial charge in [-0.05, 0) is 54.8 Å². The lowest BCUT2D eigenvalue weighted by molar-refractivity contribution is 0.0727. The van der Waals surface area contributed by atoms with Gasteiger partial charge < -0.3 is 10.2 Å². The van der Waals surface area contributed by atoms with Crippen LogP contribution in [0.5, 0.6) is 0 Å². The first-order valence-electron chi connectivity index (χ1n) is 8.87. The maximum atomic E-state index is 13.2. The summed E-state index contributed by atoms with van der Waals surface area (Å²) in [5.74, 6) is -0.368. The van der Waals surface area contributed by atoms with E-state index >= 15 is 0 Å². The van der Waals surface area contributed by atoms with Crippen LogP contribution in [0.2, 0.25) is 0 Å². The molecular weight excluding hydrogens is 341 g/mol. The minimum absolute atomic E-state index is 0.0776. The second kappa shape index (κ2) is 6.83. The number of benzene rings is 2. The van der Waals surface area contributed by atoms with Crippen LogP contribution in [0.1, 0.15) is 38.9 Å². The molecule has 0 spiro atoms. The molecule has 2 aromatic carbocycles. The number of nitrogens with one attached hydrogen (secondary N) is 1. The fourth-order valence-electron chi connectivity index (χ4n) is 3.51. The SMILES string of the molecule is Cc1cccc(C)c1NC1c2ncccc2C(=O)N1Cc1ccc(F)cc1. The summed E-state index contributed by atoms with van der Waals surface area (Å²) < 4.78 is 13.2. The Morgan fingerprint density at radius 2 is 1.74 bits per heavy atom. The molecule has 1 aromatic heterocycles. The predicted octanol–water partition coefficient (Wildman–Crippen LogP) is 4.60. The molecule has 1 N–H and O–H groups in total. The average Bonchev–Trinajstić information content (AvgIpc) is 2.92. The molecule has 1 amide bonds. The normalized spacial score (nSPS) is 15.7. The third-order valence-electron chi connectivity index (χ3n) is 4.93. The first-order valence-corrected chi connectivity index (χ1v) is 8.87. The standard InChI is InChI=1S/C22H20FN3O/c1-14-5-3-6-15(2)19(14)25-21-20-18(7-4-12-24-20)22(27)26(21)13-16-8-10-17(23)11-9-16/h3-12,21,25H,13H2,1-2H3. The van der Waals surface area contributed by atoms with Crippen LogP contribution in [0, 0.1) is 19.7 Å². The Balaban J connectivity index is 1.72. The van der Waals surface area contributed by atoms with Gasteiger partial charge in [0.2, 0.25) is 0 Å². The molecule has 1 aliphatic rings. The van der Waals surface area contributed by atoms with Gasteiger partial charge >= 0.3 is 0 Å². The first kappa shape index (κ1) is 17.2. The van der Waals surface area contributed by atoms with Crippen LogP contribution in [0.25, 0.3) is 0 Å². The molecule has 0 radical (unpaired) electrons. The first-order chi connectivity index (χ1) is 13.0. The van der Waals surface area contributed by atoms with Gasteiger partial charge in [-0.2, -0.15) is 0 Å². The number of hydrogen-bond donors (Lipinski definition) is 1. The van der Waals surface area contributed by atoms with Gasteiger partial charge in [-0.1, -0.05) is 30.3 Å². The molecule has 0 saturated carbocycles. The van der Waals surface area contributed by atoms with E-state index in [1.165, 1.54) is 12.1 Å². The van der Waals surface area contributed by atoms with E-state index in [1.54, 1.807) is 35.4 Å². The van der Waals surface area contributed by atoms with Crippen LogP contribution in [0.3, 0.4) is 0 Å². The molecule has 0 aliphatic carbocycles. The summed E-state index contributed by atoms with van der Waals surface area (Å²) >= 11 is 0. The van der Waals surface area contributed by atoms with Crippen molar-refractivity contribution in [3.8, 4) is 0 Å². The highest BCUT2D eigenvalue weighted by atomic mass is 19.1. The number of hydrogen-bond acceptors (Lipinski definition) is 3. The van der Waals surface area contributed by atoms with E-state index < -0.39 is 0 Å². The fraction of sp³-hybridized carbons (Fsp3) is 0.182. The maximum Gasteiger partial charge on any atom is 0.258 e. The van der Waals surface area contributed by atoms with Gasteiger partial charge in [0.25, 0.3) is 5.91 Å². The Morgan fingerprint density at radius 1 is 1.04 bits per heavy atom. The zero-order valence-corrected chi connectivity index (χ0v) is 15.2. The topological polar surface area (TPSA) is 45.2 Å².